The lowest BCUT2D eigenvalue weighted by Gasteiger charge is -2.51. The molecule has 3 heteroatoms. The maximum absolute atomic E-state index is 6.08. The van der Waals surface area contributed by atoms with Gasteiger partial charge in [-0.2, -0.15) is 0 Å². The highest BCUT2D eigenvalue weighted by molar-refractivity contribution is 7.13. The van der Waals surface area contributed by atoms with Crippen molar-refractivity contribution in [2.45, 2.75) is 64.5 Å². The van der Waals surface area contributed by atoms with Crippen LogP contribution in [-0.4, -0.2) is 5.54 Å². The van der Waals surface area contributed by atoms with Gasteiger partial charge in [0.2, 0.25) is 0 Å². The van der Waals surface area contributed by atoms with Crippen LogP contribution in [0.3, 0.4) is 0 Å². The summed E-state index contributed by atoms with van der Waals surface area (Å²) < 4.78 is 6.08. The van der Waals surface area contributed by atoms with E-state index in [-0.39, 0.29) is 0 Å². The first kappa shape index (κ1) is 16.4. The number of fused-ring (bicyclic) bond motifs is 2. The van der Waals surface area contributed by atoms with Gasteiger partial charge in [0.25, 0.3) is 0 Å². The molecule has 2 aliphatic carbocycles. The number of rotatable bonds is 5. The summed E-state index contributed by atoms with van der Waals surface area (Å²) in [7, 11) is 0. The van der Waals surface area contributed by atoms with Gasteiger partial charge in [-0.25, -0.2) is 0 Å². The molecule has 2 aromatic heterocycles. The van der Waals surface area contributed by atoms with Crippen LogP contribution in [0.25, 0.3) is 10.6 Å². The van der Waals surface area contributed by atoms with E-state index in [0.29, 0.717) is 5.54 Å². The minimum absolute atomic E-state index is 0.344. The summed E-state index contributed by atoms with van der Waals surface area (Å²) >= 11 is 1.74. The Balaban J connectivity index is 1.45. The summed E-state index contributed by atoms with van der Waals surface area (Å²) in [5.41, 5.74) is 0.344. The van der Waals surface area contributed by atoms with Crippen molar-refractivity contribution in [3.05, 3.63) is 35.4 Å². The Morgan fingerprint density at radius 2 is 2.12 bits per heavy atom. The second-order valence-electron chi connectivity index (χ2n) is 8.21. The molecule has 0 aromatic carbocycles. The summed E-state index contributed by atoms with van der Waals surface area (Å²) in [4.78, 5) is 1.22. The molecule has 2 nitrogen and oxygen atoms in total. The summed E-state index contributed by atoms with van der Waals surface area (Å²) in [5, 5.41) is 6.05. The number of hydrogen-bond donors (Lipinski definition) is 1. The maximum Gasteiger partial charge on any atom is 0.144 e. The van der Waals surface area contributed by atoms with Crippen LogP contribution in [-0.2, 0) is 6.54 Å². The van der Waals surface area contributed by atoms with Crippen molar-refractivity contribution in [2.24, 2.45) is 17.8 Å². The lowest BCUT2D eigenvalue weighted by atomic mass is 9.60. The van der Waals surface area contributed by atoms with E-state index >= 15 is 0 Å². The third-order valence-electron chi connectivity index (χ3n) is 6.14. The van der Waals surface area contributed by atoms with Crippen LogP contribution in [0.5, 0.6) is 0 Å². The number of nitrogens with one attached hydrogen (secondary N) is 1. The minimum atomic E-state index is 0.344. The number of thiophene rings is 1. The van der Waals surface area contributed by atoms with E-state index in [1.165, 1.54) is 43.4 Å². The van der Waals surface area contributed by atoms with E-state index in [0.717, 1.165) is 35.8 Å². The molecule has 24 heavy (non-hydrogen) atoms. The van der Waals surface area contributed by atoms with Crippen LogP contribution in [0.1, 0.15) is 58.1 Å². The van der Waals surface area contributed by atoms with Gasteiger partial charge in [0, 0.05) is 5.54 Å². The normalized spacial score (nSPS) is 32.8. The Labute approximate surface area is 149 Å². The first-order chi connectivity index (χ1) is 11.7. The molecular weight excluding hydrogens is 314 g/mol. The van der Waals surface area contributed by atoms with Crippen molar-refractivity contribution in [3.63, 3.8) is 0 Å². The van der Waals surface area contributed by atoms with Gasteiger partial charge in [-0.15, -0.1) is 11.3 Å². The fourth-order valence-corrected chi connectivity index (χ4v) is 6.01. The first-order valence-electron chi connectivity index (χ1n) is 9.53. The zero-order valence-electron chi connectivity index (χ0n) is 14.9. The van der Waals surface area contributed by atoms with E-state index in [1.807, 2.05) is 0 Å². The topological polar surface area (TPSA) is 25.2 Å². The monoisotopic (exact) mass is 343 g/mol. The lowest BCUT2D eigenvalue weighted by Crippen LogP contribution is -2.54. The minimum Gasteiger partial charge on any atom is -0.459 e. The highest BCUT2D eigenvalue weighted by atomic mass is 32.1. The zero-order chi connectivity index (χ0) is 16.6. The van der Waals surface area contributed by atoms with Crippen molar-refractivity contribution in [1.29, 1.82) is 0 Å². The van der Waals surface area contributed by atoms with Gasteiger partial charge < -0.3 is 9.73 Å². The van der Waals surface area contributed by atoms with Gasteiger partial charge in [-0.1, -0.05) is 26.3 Å². The molecule has 130 valence electrons. The zero-order valence-corrected chi connectivity index (χ0v) is 15.7. The van der Waals surface area contributed by atoms with Gasteiger partial charge in [-0.3, -0.25) is 0 Å². The van der Waals surface area contributed by atoms with Crippen LogP contribution >= 0.6 is 11.3 Å². The first-order valence-corrected chi connectivity index (χ1v) is 10.4. The summed E-state index contributed by atoms with van der Waals surface area (Å²) in [6.07, 6.45) is 8.27. The van der Waals surface area contributed by atoms with Crippen molar-refractivity contribution >= 4 is 11.3 Å². The van der Waals surface area contributed by atoms with Crippen molar-refractivity contribution in [3.8, 4) is 10.6 Å². The van der Waals surface area contributed by atoms with Gasteiger partial charge in [0.05, 0.1) is 11.4 Å². The van der Waals surface area contributed by atoms with E-state index in [1.54, 1.807) is 11.3 Å². The molecule has 4 atom stereocenters. The second kappa shape index (κ2) is 6.68. The van der Waals surface area contributed by atoms with E-state index in [9.17, 15) is 0 Å². The Morgan fingerprint density at radius 1 is 1.21 bits per heavy atom. The molecule has 0 saturated heterocycles. The second-order valence-corrected chi connectivity index (χ2v) is 9.15. The van der Waals surface area contributed by atoms with Gasteiger partial charge >= 0.3 is 0 Å². The lowest BCUT2D eigenvalue weighted by molar-refractivity contribution is 0.0463. The van der Waals surface area contributed by atoms with Crippen LogP contribution in [0, 0.1) is 17.8 Å². The smallest absolute Gasteiger partial charge is 0.144 e. The van der Waals surface area contributed by atoms with Gasteiger partial charge in [0.1, 0.15) is 11.5 Å². The molecule has 2 bridgehead atoms. The molecule has 2 fully saturated rings. The van der Waals surface area contributed by atoms with Gasteiger partial charge in [-0.05, 0) is 73.4 Å². The third-order valence-corrected chi connectivity index (χ3v) is 7.03. The average molecular weight is 344 g/mol. The third kappa shape index (κ3) is 3.34. The molecule has 2 saturated carbocycles. The summed E-state index contributed by atoms with van der Waals surface area (Å²) in [6.45, 7) is 5.67. The quantitative estimate of drug-likeness (QED) is 0.710. The fraction of sp³-hybridized carbons (Fsp3) is 0.619. The Morgan fingerprint density at radius 3 is 2.92 bits per heavy atom. The van der Waals surface area contributed by atoms with Crippen molar-refractivity contribution in [1.82, 2.24) is 5.32 Å². The van der Waals surface area contributed by atoms with E-state index in [4.69, 9.17) is 4.42 Å². The summed E-state index contributed by atoms with van der Waals surface area (Å²) in [6, 6.07) is 8.46. The molecule has 4 rings (SSSR count). The van der Waals surface area contributed by atoms with E-state index in [2.05, 4.69) is 48.8 Å². The highest BCUT2D eigenvalue weighted by Gasteiger charge is 2.44. The fourth-order valence-electron chi connectivity index (χ4n) is 5.32. The molecular formula is C21H29NOS. The molecule has 0 amide bonds. The Hall–Kier alpha value is -1.06. The van der Waals surface area contributed by atoms with Gasteiger partial charge in [0.15, 0.2) is 0 Å². The Bertz CT molecular complexity index is 657. The standard InChI is InChI=1S/C21H29NOS/c1-3-16-10-17-9-15(2)11-21(12-16,13-17)22-14-18-6-7-19(23-18)20-5-4-8-24-20/h4-8,15-17,22H,3,9-14H2,1-2H3. The molecule has 0 radical (unpaired) electrons. The highest BCUT2D eigenvalue weighted by Crippen LogP contribution is 2.48. The molecule has 2 aliphatic rings. The van der Waals surface area contributed by atoms with E-state index < -0.39 is 0 Å². The molecule has 2 aromatic rings. The predicted octanol–water partition coefficient (Wildman–Crippen LogP) is 6.09. The number of furan rings is 1. The molecule has 1 N–H and O–H groups in total. The Kier molecular flexibility index (Phi) is 4.57. The van der Waals surface area contributed by atoms with Crippen molar-refractivity contribution in [2.75, 3.05) is 0 Å². The van der Waals surface area contributed by atoms with Crippen LogP contribution in [0.15, 0.2) is 34.1 Å². The molecule has 2 heterocycles. The van der Waals surface area contributed by atoms with Crippen LogP contribution in [0.2, 0.25) is 0 Å². The largest absolute Gasteiger partial charge is 0.459 e. The average Bonchev–Trinajstić information content (AvgIpc) is 3.23. The maximum atomic E-state index is 6.08. The van der Waals surface area contributed by atoms with Crippen LogP contribution < -0.4 is 5.32 Å². The van der Waals surface area contributed by atoms with Crippen LogP contribution in [0.4, 0.5) is 0 Å². The molecule has 0 aliphatic heterocycles. The molecule has 4 unspecified atom stereocenters. The SMILES string of the molecule is CCC1CC2CC(C)CC(NCc3ccc(-c4cccs4)o3)(C1)C2. The predicted molar refractivity (Wildman–Crippen MR) is 101 cm³/mol. The molecule has 0 spiro atoms. The van der Waals surface area contributed by atoms with Crippen molar-refractivity contribution < 1.29 is 4.42 Å². The summed E-state index contributed by atoms with van der Waals surface area (Å²) in [5.74, 6) is 4.76. The number of hydrogen-bond acceptors (Lipinski definition) is 3.